The van der Waals surface area contributed by atoms with E-state index in [4.69, 9.17) is 9.84 Å². The average molecular weight is 203 g/mol. The highest BCUT2D eigenvalue weighted by molar-refractivity contribution is 5.88. The summed E-state index contributed by atoms with van der Waals surface area (Å²) in [7, 11) is 1.52. The molecule has 1 rings (SSSR count). The third-order valence-corrected chi connectivity index (χ3v) is 1.66. The van der Waals surface area contributed by atoms with Crippen molar-refractivity contribution >= 4 is 18.4 Å². The Morgan fingerprint density at radius 3 is 2.54 bits per heavy atom. The van der Waals surface area contributed by atoms with Gasteiger partial charge in [-0.1, -0.05) is 6.07 Å². The molecule has 0 aliphatic rings. The zero-order chi connectivity index (χ0) is 9.14. The molecule has 0 unspecified atom stereocenters. The smallest absolute Gasteiger partial charge is 0.335 e. The van der Waals surface area contributed by atoms with Crippen molar-refractivity contribution in [2.45, 2.75) is 6.92 Å². The second kappa shape index (κ2) is 4.72. The van der Waals surface area contributed by atoms with E-state index in [1.165, 1.54) is 13.2 Å². The third-order valence-electron chi connectivity index (χ3n) is 1.66. The topological polar surface area (TPSA) is 46.5 Å². The van der Waals surface area contributed by atoms with E-state index in [1.54, 1.807) is 12.1 Å². The van der Waals surface area contributed by atoms with Gasteiger partial charge in [-0.3, -0.25) is 0 Å². The molecule has 13 heavy (non-hydrogen) atoms. The van der Waals surface area contributed by atoms with Crippen LogP contribution >= 0.6 is 12.4 Å². The van der Waals surface area contributed by atoms with Crippen LogP contribution in [0.2, 0.25) is 0 Å². The number of carbonyl (C=O) groups is 1. The summed E-state index contributed by atoms with van der Waals surface area (Å²) in [5.41, 5.74) is 1.18. The van der Waals surface area contributed by atoms with Crippen molar-refractivity contribution in [3.05, 3.63) is 29.3 Å². The molecule has 0 amide bonds. The average Bonchev–Trinajstić information content (AvgIpc) is 2.05. The van der Waals surface area contributed by atoms with Gasteiger partial charge in [-0.2, -0.15) is 0 Å². The van der Waals surface area contributed by atoms with Crippen molar-refractivity contribution in [3.8, 4) is 5.75 Å². The van der Waals surface area contributed by atoms with Gasteiger partial charge in [0.25, 0.3) is 0 Å². The summed E-state index contributed by atoms with van der Waals surface area (Å²) < 4.78 is 4.97. The van der Waals surface area contributed by atoms with Crippen LogP contribution in [0, 0.1) is 6.92 Å². The molecule has 0 heterocycles. The molecule has 0 atom stereocenters. The molecule has 0 aliphatic heterocycles. The van der Waals surface area contributed by atoms with E-state index in [1.807, 2.05) is 6.92 Å². The number of carboxylic acids is 1. The van der Waals surface area contributed by atoms with Crippen LogP contribution in [0.4, 0.5) is 0 Å². The first kappa shape index (κ1) is 11.8. The molecule has 0 fully saturated rings. The Bertz CT molecular complexity index is 310. The standard InChI is InChI=1S/C9H10O3.ClH/c1-6-3-4-7(9(10)11)5-8(6)12-2;/h3-5H,1-2H3,(H,10,11);1H. The summed E-state index contributed by atoms with van der Waals surface area (Å²) in [6.45, 7) is 1.87. The molecule has 0 saturated carbocycles. The number of aromatic carboxylic acids is 1. The predicted molar refractivity (Wildman–Crippen MR) is 51.9 cm³/mol. The van der Waals surface area contributed by atoms with Gasteiger partial charge in [-0.05, 0) is 24.6 Å². The minimum Gasteiger partial charge on any atom is -0.496 e. The fourth-order valence-electron chi connectivity index (χ4n) is 0.953. The number of hydrogen-bond acceptors (Lipinski definition) is 2. The number of aryl methyl sites for hydroxylation is 1. The largest absolute Gasteiger partial charge is 0.496 e. The molecular formula is C9H11ClO3. The van der Waals surface area contributed by atoms with Crippen LogP contribution in [0.15, 0.2) is 18.2 Å². The quantitative estimate of drug-likeness (QED) is 0.799. The van der Waals surface area contributed by atoms with Crippen LogP contribution in [0.1, 0.15) is 15.9 Å². The fourth-order valence-corrected chi connectivity index (χ4v) is 0.953. The van der Waals surface area contributed by atoms with Crippen molar-refractivity contribution in [2.24, 2.45) is 0 Å². The van der Waals surface area contributed by atoms with Crippen LogP contribution in [0.5, 0.6) is 5.75 Å². The summed E-state index contributed by atoms with van der Waals surface area (Å²) in [6, 6.07) is 4.79. The molecule has 1 N–H and O–H groups in total. The first-order chi connectivity index (χ1) is 5.65. The molecule has 0 aromatic heterocycles. The molecule has 0 radical (unpaired) electrons. The van der Waals surface area contributed by atoms with Gasteiger partial charge in [0, 0.05) is 0 Å². The number of methoxy groups -OCH3 is 1. The zero-order valence-corrected chi connectivity index (χ0v) is 8.22. The minimum absolute atomic E-state index is 0. The van der Waals surface area contributed by atoms with Gasteiger partial charge in [0.2, 0.25) is 0 Å². The first-order valence-corrected chi connectivity index (χ1v) is 3.53. The Kier molecular flexibility index (Phi) is 4.28. The predicted octanol–water partition coefficient (Wildman–Crippen LogP) is 2.12. The fraction of sp³-hybridized carbons (Fsp3) is 0.222. The lowest BCUT2D eigenvalue weighted by Crippen LogP contribution is -1.97. The van der Waals surface area contributed by atoms with Crippen LogP contribution in [0.25, 0.3) is 0 Å². The SMILES string of the molecule is COc1cc(C(=O)O)ccc1C.Cl. The van der Waals surface area contributed by atoms with E-state index in [2.05, 4.69) is 0 Å². The molecule has 0 spiro atoms. The molecule has 0 saturated heterocycles. The molecule has 0 bridgehead atoms. The molecule has 0 aliphatic carbocycles. The van der Waals surface area contributed by atoms with Gasteiger partial charge in [0.15, 0.2) is 0 Å². The monoisotopic (exact) mass is 202 g/mol. The van der Waals surface area contributed by atoms with Crippen LogP contribution < -0.4 is 4.74 Å². The number of benzene rings is 1. The van der Waals surface area contributed by atoms with Gasteiger partial charge in [0.1, 0.15) is 5.75 Å². The minimum atomic E-state index is -0.937. The van der Waals surface area contributed by atoms with Crippen molar-refractivity contribution in [1.29, 1.82) is 0 Å². The van der Waals surface area contributed by atoms with Gasteiger partial charge >= 0.3 is 5.97 Å². The van der Waals surface area contributed by atoms with Crippen LogP contribution in [-0.2, 0) is 0 Å². The molecule has 72 valence electrons. The summed E-state index contributed by atoms with van der Waals surface area (Å²) in [5.74, 6) is -0.330. The normalized spacial score (nSPS) is 8.77. The Labute approximate surface area is 82.7 Å². The van der Waals surface area contributed by atoms with Gasteiger partial charge < -0.3 is 9.84 Å². The maximum absolute atomic E-state index is 10.5. The summed E-state index contributed by atoms with van der Waals surface area (Å²) in [5, 5.41) is 8.64. The molecular weight excluding hydrogens is 192 g/mol. The second-order valence-corrected chi connectivity index (χ2v) is 2.49. The Morgan fingerprint density at radius 2 is 2.08 bits per heavy atom. The van der Waals surface area contributed by atoms with Gasteiger partial charge in [-0.25, -0.2) is 4.79 Å². The van der Waals surface area contributed by atoms with E-state index in [9.17, 15) is 4.79 Å². The van der Waals surface area contributed by atoms with Crippen molar-refractivity contribution in [2.75, 3.05) is 7.11 Å². The van der Waals surface area contributed by atoms with Gasteiger partial charge in [0.05, 0.1) is 12.7 Å². The van der Waals surface area contributed by atoms with Crippen LogP contribution in [0.3, 0.4) is 0 Å². The Balaban J connectivity index is 0.00000144. The summed E-state index contributed by atoms with van der Waals surface area (Å²) in [6.07, 6.45) is 0. The number of halogens is 1. The number of carboxylic acid groups (broad SMARTS) is 1. The Hall–Kier alpha value is -1.22. The highest BCUT2D eigenvalue weighted by atomic mass is 35.5. The zero-order valence-electron chi connectivity index (χ0n) is 7.40. The van der Waals surface area contributed by atoms with E-state index >= 15 is 0 Å². The molecule has 4 heteroatoms. The summed E-state index contributed by atoms with van der Waals surface area (Å²) in [4.78, 5) is 10.5. The highest BCUT2D eigenvalue weighted by Gasteiger charge is 2.05. The lowest BCUT2D eigenvalue weighted by molar-refractivity contribution is 0.0696. The van der Waals surface area contributed by atoms with Gasteiger partial charge in [-0.15, -0.1) is 12.4 Å². The van der Waals surface area contributed by atoms with E-state index in [-0.39, 0.29) is 18.0 Å². The third kappa shape index (κ3) is 2.63. The highest BCUT2D eigenvalue weighted by Crippen LogP contribution is 2.18. The molecule has 1 aromatic carbocycles. The molecule has 1 aromatic rings. The lowest BCUT2D eigenvalue weighted by atomic mass is 10.1. The van der Waals surface area contributed by atoms with Crippen molar-refractivity contribution in [1.82, 2.24) is 0 Å². The number of rotatable bonds is 2. The van der Waals surface area contributed by atoms with E-state index in [0.717, 1.165) is 5.56 Å². The number of hydrogen-bond donors (Lipinski definition) is 1. The molecule has 3 nitrogen and oxygen atoms in total. The first-order valence-electron chi connectivity index (χ1n) is 3.53. The van der Waals surface area contributed by atoms with E-state index < -0.39 is 5.97 Å². The Morgan fingerprint density at radius 1 is 1.46 bits per heavy atom. The maximum atomic E-state index is 10.5. The lowest BCUT2D eigenvalue weighted by Gasteiger charge is -2.04. The second-order valence-electron chi connectivity index (χ2n) is 2.49. The van der Waals surface area contributed by atoms with Crippen LogP contribution in [-0.4, -0.2) is 18.2 Å². The summed E-state index contributed by atoms with van der Waals surface area (Å²) >= 11 is 0. The van der Waals surface area contributed by atoms with Crippen molar-refractivity contribution < 1.29 is 14.6 Å². The van der Waals surface area contributed by atoms with Crippen molar-refractivity contribution in [3.63, 3.8) is 0 Å². The van der Waals surface area contributed by atoms with E-state index in [0.29, 0.717) is 5.75 Å². The maximum Gasteiger partial charge on any atom is 0.335 e. The number of ether oxygens (including phenoxy) is 1.